The Morgan fingerprint density at radius 2 is 2.45 bits per heavy atom. The van der Waals surface area contributed by atoms with E-state index in [9.17, 15) is 4.79 Å². The third kappa shape index (κ3) is 1.03. The number of piperidine rings is 1. The zero-order valence-corrected chi connectivity index (χ0v) is 7.24. The number of carbonyl (C=O) groups is 1. The van der Waals surface area contributed by atoms with E-state index in [1.54, 1.807) is 0 Å². The lowest BCUT2D eigenvalue weighted by Gasteiger charge is -2.06. The number of nitrogens with one attached hydrogen (secondary N) is 1. The van der Waals surface area contributed by atoms with Crippen LogP contribution in [-0.2, 0) is 9.53 Å². The highest BCUT2D eigenvalue weighted by Crippen LogP contribution is 2.55. The molecule has 1 unspecified atom stereocenters. The minimum absolute atomic E-state index is 0. The summed E-state index contributed by atoms with van der Waals surface area (Å²) in [7, 11) is 1.46. The molecule has 0 amide bonds. The van der Waals surface area contributed by atoms with E-state index in [0.717, 1.165) is 19.5 Å². The molecule has 64 valence electrons. The van der Waals surface area contributed by atoms with E-state index in [1.165, 1.54) is 7.11 Å². The van der Waals surface area contributed by atoms with Gasteiger partial charge in [0.05, 0.1) is 12.5 Å². The Morgan fingerprint density at radius 3 is 2.82 bits per heavy atom. The second kappa shape index (κ2) is 2.64. The monoisotopic (exact) mass is 177 g/mol. The Labute approximate surface area is 71.9 Å². The molecular weight excluding hydrogens is 166 g/mol. The van der Waals surface area contributed by atoms with E-state index >= 15 is 0 Å². The maximum absolute atomic E-state index is 11.1. The lowest BCUT2D eigenvalue weighted by atomic mass is 10.1. The SMILES string of the molecule is COC(=O)[C@@]12CNCC1C2.Cl. The number of halogens is 1. The summed E-state index contributed by atoms with van der Waals surface area (Å²) >= 11 is 0. The molecule has 0 aromatic heterocycles. The second-order valence-electron chi connectivity index (χ2n) is 3.18. The normalized spacial score (nSPS) is 38.8. The van der Waals surface area contributed by atoms with Crippen LogP contribution in [0, 0.1) is 11.3 Å². The van der Waals surface area contributed by atoms with Gasteiger partial charge in [-0.15, -0.1) is 12.4 Å². The summed E-state index contributed by atoms with van der Waals surface area (Å²) in [6, 6.07) is 0. The Kier molecular flexibility index (Phi) is 2.12. The molecule has 1 saturated carbocycles. The van der Waals surface area contributed by atoms with Crippen LogP contribution in [0.3, 0.4) is 0 Å². The van der Waals surface area contributed by atoms with Crippen LogP contribution in [0.25, 0.3) is 0 Å². The molecule has 0 bridgehead atoms. The topological polar surface area (TPSA) is 38.3 Å². The molecule has 0 aromatic carbocycles. The van der Waals surface area contributed by atoms with E-state index < -0.39 is 0 Å². The number of fused-ring (bicyclic) bond motifs is 1. The quantitative estimate of drug-likeness (QED) is 0.582. The highest BCUT2D eigenvalue weighted by molar-refractivity contribution is 5.85. The molecule has 1 aliphatic carbocycles. The second-order valence-corrected chi connectivity index (χ2v) is 3.18. The summed E-state index contributed by atoms with van der Waals surface area (Å²) in [5, 5.41) is 3.18. The molecule has 2 atom stereocenters. The van der Waals surface area contributed by atoms with Crippen LogP contribution in [0.5, 0.6) is 0 Å². The molecule has 2 aliphatic rings. The predicted molar refractivity (Wildman–Crippen MR) is 42.7 cm³/mol. The Balaban J connectivity index is 0.000000605. The number of ether oxygens (including phenoxy) is 1. The zero-order chi connectivity index (χ0) is 7.19. The summed E-state index contributed by atoms with van der Waals surface area (Å²) in [4.78, 5) is 11.1. The molecule has 0 radical (unpaired) electrons. The van der Waals surface area contributed by atoms with E-state index in [1.807, 2.05) is 0 Å². The van der Waals surface area contributed by atoms with Crippen molar-refractivity contribution >= 4 is 18.4 Å². The Hall–Kier alpha value is -0.280. The number of rotatable bonds is 1. The van der Waals surface area contributed by atoms with Crippen LogP contribution in [0.4, 0.5) is 0 Å². The Morgan fingerprint density at radius 1 is 1.73 bits per heavy atom. The van der Waals surface area contributed by atoms with E-state index in [4.69, 9.17) is 4.74 Å². The van der Waals surface area contributed by atoms with Gasteiger partial charge in [0.25, 0.3) is 0 Å². The fourth-order valence-electron chi connectivity index (χ4n) is 1.86. The van der Waals surface area contributed by atoms with Gasteiger partial charge in [0.15, 0.2) is 0 Å². The van der Waals surface area contributed by atoms with Crippen LogP contribution in [0.2, 0.25) is 0 Å². The van der Waals surface area contributed by atoms with Gasteiger partial charge in [-0.05, 0) is 18.9 Å². The fourth-order valence-corrected chi connectivity index (χ4v) is 1.86. The average molecular weight is 178 g/mol. The number of methoxy groups -OCH3 is 1. The van der Waals surface area contributed by atoms with Crippen LogP contribution in [-0.4, -0.2) is 26.2 Å². The van der Waals surface area contributed by atoms with Crippen molar-refractivity contribution in [1.82, 2.24) is 5.32 Å². The summed E-state index contributed by atoms with van der Waals surface area (Å²) in [6.07, 6.45) is 1.03. The highest BCUT2D eigenvalue weighted by Gasteiger charge is 2.63. The van der Waals surface area contributed by atoms with Crippen molar-refractivity contribution in [3.05, 3.63) is 0 Å². The summed E-state index contributed by atoms with van der Waals surface area (Å²) in [5.74, 6) is 0.544. The molecule has 1 heterocycles. The minimum atomic E-state index is -0.102. The maximum atomic E-state index is 11.1. The van der Waals surface area contributed by atoms with Crippen molar-refractivity contribution in [2.75, 3.05) is 20.2 Å². The smallest absolute Gasteiger partial charge is 0.313 e. The first kappa shape index (κ1) is 8.81. The van der Waals surface area contributed by atoms with E-state index in [0.29, 0.717) is 5.92 Å². The molecular formula is C7H12ClNO2. The number of hydrogen-bond acceptors (Lipinski definition) is 3. The summed E-state index contributed by atoms with van der Waals surface area (Å²) < 4.78 is 4.70. The van der Waals surface area contributed by atoms with Gasteiger partial charge in [-0.25, -0.2) is 0 Å². The van der Waals surface area contributed by atoms with Crippen LogP contribution in [0.15, 0.2) is 0 Å². The number of hydrogen-bond donors (Lipinski definition) is 1. The zero-order valence-electron chi connectivity index (χ0n) is 6.42. The number of carbonyl (C=O) groups excluding carboxylic acids is 1. The van der Waals surface area contributed by atoms with Crippen molar-refractivity contribution < 1.29 is 9.53 Å². The Bertz CT molecular complexity index is 185. The average Bonchev–Trinajstić information content (AvgIpc) is 2.54. The van der Waals surface area contributed by atoms with Crippen molar-refractivity contribution in [3.63, 3.8) is 0 Å². The summed E-state index contributed by atoms with van der Waals surface area (Å²) in [6.45, 7) is 1.82. The lowest BCUT2D eigenvalue weighted by Crippen LogP contribution is -2.24. The fraction of sp³-hybridized carbons (Fsp3) is 0.857. The molecule has 0 spiro atoms. The molecule has 3 nitrogen and oxygen atoms in total. The third-order valence-corrected chi connectivity index (χ3v) is 2.66. The number of esters is 1. The molecule has 1 N–H and O–H groups in total. The van der Waals surface area contributed by atoms with Gasteiger partial charge in [-0.2, -0.15) is 0 Å². The maximum Gasteiger partial charge on any atom is 0.313 e. The highest BCUT2D eigenvalue weighted by atomic mass is 35.5. The van der Waals surface area contributed by atoms with Crippen LogP contribution >= 0.6 is 12.4 Å². The van der Waals surface area contributed by atoms with E-state index in [-0.39, 0.29) is 23.8 Å². The largest absolute Gasteiger partial charge is 0.469 e. The van der Waals surface area contributed by atoms with Crippen LogP contribution in [0.1, 0.15) is 6.42 Å². The minimum Gasteiger partial charge on any atom is -0.469 e. The molecule has 1 saturated heterocycles. The molecule has 11 heavy (non-hydrogen) atoms. The van der Waals surface area contributed by atoms with Crippen LogP contribution < -0.4 is 5.32 Å². The van der Waals surface area contributed by atoms with Gasteiger partial charge in [0, 0.05) is 6.54 Å². The third-order valence-electron chi connectivity index (χ3n) is 2.66. The molecule has 2 rings (SSSR count). The standard InChI is InChI=1S/C7H11NO2.ClH/c1-10-6(9)7-2-5(7)3-8-4-7;/h5,8H,2-4H2,1H3;1H/t5?,7-;/m0./s1. The molecule has 4 heteroatoms. The van der Waals surface area contributed by atoms with Crippen molar-refractivity contribution in [1.29, 1.82) is 0 Å². The molecule has 1 aliphatic heterocycles. The van der Waals surface area contributed by atoms with Crippen molar-refractivity contribution in [2.24, 2.45) is 11.3 Å². The first-order valence-electron chi connectivity index (χ1n) is 3.59. The first-order valence-corrected chi connectivity index (χ1v) is 3.59. The molecule has 0 aromatic rings. The van der Waals surface area contributed by atoms with Crippen molar-refractivity contribution in [2.45, 2.75) is 6.42 Å². The van der Waals surface area contributed by atoms with Crippen molar-refractivity contribution in [3.8, 4) is 0 Å². The molecule has 2 fully saturated rings. The van der Waals surface area contributed by atoms with Gasteiger partial charge >= 0.3 is 5.97 Å². The lowest BCUT2D eigenvalue weighted by molar-refractivity contribution is -0.146. The first-order chi connectivity index (χ1) is 4.79. The van der Waals surface area contributed by atoms with Gasteiger partial charge in [-0.3, -0.25) is 4.79 Å². The van der Waals surface area contributed by atoms with Gasteiger partial charge < -0.3 is 10.1 Å². The van der Waals surface area contributed by atoms with Gasteiger partial charge in [0.2, 0.25) is 0 Å². The van der Waals surface area contributed by atoms with Gasteiger partial charge in [-0.1, -0.05) is 0 Å². The predicted octanol–water partition coefficient (Wildman–Crippen LogP) is 0.191. The van der Waals surface area contributed by atoms with Gasteiger partial charge in [0.1, 0.15) is 0 Å². The summed E-state index contributed by atoms with van der Waals surface area (Å²) in [5.41, 5.74) is -0.102. The van der Waals surface area contributed by atoms with E-state index in [2.05, 4.69) is 5.32 Å².